The van der Waals surface area contributed by atoms with Gasteiger partial charge in [0.1, 0.15) is 11.0 Å². The summed E-state index contributed by atoms with van der Waals surface area (Å²) < 4.78 is 60.8. The molecule has 200 valence electrons. The highest BCUT2D eigenvalue weighted by molar-refractivity contribution is 7.82. The van der Waals surface area contributed by atoms with E-state index in [1.165, 1.54) is 6.07 Å². The van der Waals surface area contributed by atoms with Crippen LogP contribution in [0.3, 0.4) is 0 Å². The summed E-state index contributed by atoms with van der Waals surface area (Å²) in [6.07, 6.45) is -0.616. The Labute approximate surface area is 217 Å². The molecule has 3 N–H and O–H groups in total. The van der Waals surface area contributed by atoms with Gasteiger partial charge in [-0.05, 0) is 50.3 Å². The van der Waals surface area contributed by atoms with Crippen molar-refractivity contribution < 1.29 is 26.9 Å². The van der Waals surface area contributed by atoms with Crippen LogP contribution >= 0.6 is 11.6 Å². The van der Waals surface area contributed by atoms with Gasteiger partial charge in [-0.25, -0.2) is 9.35 Å². The van der Waals surface area contributed by atoms with Gasteiger partial charge in [0, 0.05) is 42.8 Å². The summed E-state index contributed by atoms with van der Waals surface area (Å²) >= 11 is 6.19. The van der Waals surface area contributed by atoms with Crippen LogP contribution in [-0.4, -0.2) is 33.9 Å². The number of hydrogen-bond donors (Lipinski definition) is 2. The number of aromatic nitrogens is 1. The summed E-state index contributed by atoms with van der Waals surface area (Å²) in [7, 11) is -2.43. The van der Waals surface area contributed by atoms with Gasteiger partial charge < -0.3 is 14.6 Å². The van der Waals surface area contributed by atoms with Crippen molar-refractivity contribution in [2.24, 2.45) is 11.1 Å². The van der Waals surface area contributed by atoms with Gasteiger partial charge in [-0.1, -0.05) is 38.3 Å². The fourth-order valence-electron chi connectivity index (χ4n) is 4.70. The van der Waals surface area contributed by atoms with Crippen LogP contribution in [0.4, 0.5) is 13.2 Å². The molecular weight excluding hydrogens is 515 g/mol. The molecule has 1 amide bonds. The fourth-order valence-corrected chi connectivity index (χ4v) is 5.79. The second-order valence-electron chi connectivity index (χ2n) is 9.19. The number of carbonyl (C=O) groups excluding carboxylic acids is 1. The van der Waals surface area contributed by atoms with E-state index in [0.29, 0.717) is 49.6 Å². The summed E-state index contributed by atoms with van der Waals surface area (Å²) in [5.41, 5.74) is 0.548. The number of hydrogen-bond acceptors (Lipinski definition) is 3. The highest BCUT2D eigenvalue weighted by Crippen LogP contribution is 2.40. The Hall–Kier alpha value is -1.88. The van der Waals surface area contributed by atoms with E-state index in [9.17, 15) is 22.2 Å². The number of ether oxygens (including phenoxy) is 1. The minimum Gasteiger partial charge on any atom is -0.381 e. The van der Waals surface area contributed by atoms with Crippen LogP contribution in [-0.2, 0) is 28.4 Å². The molecule has 11 heteroatoms. The summed E-state index contributed by atoms with van der Waals surface area (Å²) in [5, 5.41) is 8.03. The molecule has 2 aromatic rings. The van der Waals surface area contributed by atoms with Crippen LogP contribution in [0, 0.1) is 12.8 Å². The lowest BCUT2D eigenvalue weighted by atomic mass is 10.00. The first-order chi connectivity index (χ1) is 17.0. The first kappa shape index (κ1) is 28.7. The van der Waals surface area contributed by atoms with Crippen LogP contribution in [0.25, 0.3) is 11.3 Å². The Kier molecular flexibility index (Phi) is 9.65. The van der Waals surface area contributed by atoms with E-state index < -0.39 is 27.6 Å². The van der Waals surface area contributed by atoms with Crippen LogP contribution in [0.1, 0.15) is 67.6 Å². The van der Waals surface area contributed by atoms with Crippen LogP contribution < -0.4 is 10.5 Å². The molecule has 1 saturated heterocycles. The Morgan fingerprint density at radius 1 is 1.28 bits per heavy atom. The molecule has 0 aliphatic carbocycles. The summed E-state index contributed by atoms with van der Waals surface area (Å²) in [6, 6.07) is 3.85. The molecule has 2 unspecified atom stereocenters. The van der Waals surface area contributed by atoms with Crippen molar-refractivity contribution in [3.63, 3.8) is 0 Å². The molecule has 1 aliphatic heterocycles. The molecule has 1 aliphatic rings. The lowest BCUT2D eigenvalue weighted by Gasteiger charge is -2.23. The maximum absolute atomic E-state index is 13.9. The SMILES string of the molecule is CCCC(CC)Cn1c(-c2cc(Cl)c(S(N)=O)c(C(F)(F)F)c2)cc(C(=O)NC2CCOCC2)c1C. The van der Waals surface area contributed by atoms with E-state index in [1.807, 2.05) is 4.57 Å². The zero-order valence-corrected chi connectivity index (χ0v) is 22.3. The topological polar surface area (TPSA) is 86.4 Å². The van der Waals surface area contributed by atoms with Gasteiger partial charge in [-0.15, -0.1) is 0 Å². The number of nitrogens with zero attached hydrogens (tertiary/aromatic N) is 1. The average Bonchev–Trinajstić information content (AvgIpc) is 3.14. The highest BCUT2D eigenvalue weighted by atomic mass is 35.5. The molecular formula is C25H33ClF3N3O3S. The minimum atomic E-state index is -4.81. The maximum Gasteiger partial charge on any atom is 0.417 e. The second kappa shape index (κ2) is 12.1. The molecule has 6 nitrogen and oxygen atoms in total. The molecule has 1 fully saturated rings. The Balaban J connectivity index is 2.14. The number of amides is 1. The van der Waals surface area contributed by atoms with Crippen LogP contribution in [0.15, 0.2) is 23.1 Å². The summed E-state index contributed by atoms with van der Waals surface area (Å²) in [6.45, 7) is 7.63. The van der Waals surface area contributed by atoms with Gasteiger partial charge in [0.25, 0.3) is 5.91 Å². The van der Waals surface area contributed by atoms with Crippen molar-refractivity contribution in [1.29, 1.82) is 0 Å². The molecule has 0 saturated carbocycles. The second-order valence-corrected chi connectivity index (χ2v) is 10.6. The van der Waals surface area contributed by atoms with Crippen LogP contribution in [0.2, 0.25) is 5.02 Å². The van der Waals surface area contributed by atoms with E-state index in [-0.39, 0.29) is 28.5 Å². The number of carbonyl (C=O) groups is 1. The molecule has 0 radical (unpaired) electrons. The third kappa shape index (κ3) is 6.51. The zero-order valence-electron chi connectivity index (χ0n) is 20.7. The summed E-state index contributed by atoms with van der Waals surface area (Å²) in [5.74, 6) is 0.00407. The van der Waals surface area contributed by atoms with E-state index in [2.05, 4.69) is 19.2 Å². The molecule has 3 rings (SSSR count). The van der Waals surface area contributed by atoms with Crippen molar-refractivity contribution in [3.8, 4) is 11.3 Å². The van der Waals surface area contributed by atoms with Gasteiger partial charge >= 0.3 is 6.18 Å². The smallest absolute Gasteiger partial charge is 0.381 e. The van der Waals surface area contributed by atoms with Crippen molar-refractivity contribution in [2.75, 3.05) is 13.2 Å². The maximum atomic E-state index is 13.9. The predicted octanol–water partition coefficient (Wildman–Crippen LogP) is 5.85. The first-order valence-electron chi connectivity index (χ1n) is 12.1. The van der Waals surface area contributed by atoms with Crippen LogP contribution in [0.5, 0.6) is 0 Å². The largest absolute Gasteiger partial charge is 0.417 e. The molecule has 0 bridgehead atoms. The van der Waals surface area contributed by atoms with Crippen molar-refractivity contribution in [3.05, 3.63) is 40.0 Å². The van der Waals surface area contributed by atoms with Crippen molar-refractivity contribution in [1.82, 2.24) is 9.88 Å². The zero-order chi connectivity index (χ0) is 26.6. The Morgan fingerprint density at radius 2 is 1.94 bits per heavy atom. The number of benzene rings is 1. The monoisotopic (exact) mass is 547 g/mol. The predicted molar refractivity (Wildman–Crippen MR) is 135 cm³/mol. The minimum absolute atomic E-state index is 0.0222. The average molecular weight is 548 g/mol. The fraction of sp³-hybridized carbons (Fsp3) is 0.560. The van der Waals surface area contributed by atoms with Crippen molar-refractivity contribution >= 4 is 28.5 Å². The lowest BCUT2D eigenvalue weighted by Crippen LogP contribution is -2.39. The number of halogens is 4. The molecule has 1 aromatic carbocycles. The third-order valence-corrected chi connectivity index (χ3v) is 7.98. The van der Waals surface area contributed by atoms with E-state index in [0.717, 1.165) is 25.3 Å². The van der Waals surface area contributed by atoms with Gasteiger partial charge in [0.2, 0.25) is 0 Å². The van der Waals surface area contributed by atoms with E-state index in [4.69, 9.17) is 21.5 Å². The molecule has 2 heterocycles. The van der Waals surface area contributed by atoms with Gasteiger partial charge in [0.15, 0.2) is 0 Å². The standard InChI is InChI=1S/C25H33ClF3N3O3S/c1-4-6-16(5-2)14-32-15(3)19(24(33)31-18-7-9-35-10-8-18)13-22(32)17-11-20(25(27,28)29)23(36(30)34)21(26)12-17/h11-13,16,18H,4-10,14,30H2,1-3H3,(H,31,33). The van der Waals surface area contributed by atoms with Crippen molar-refractivity contribution in [2.45, 2.75) is 76.5 Å². The number of nitrogens with one attached hydrogen (secondary N) is 1. The highest BCUT2D eigenvalue weighted by Gasteiger charge is 2.37. The van der Waals surface area contributed by atoms with Gasteiger partial charge in [0.05, 0.1) is 21.0 Å². The first-order valence-corrected chi connectivity index (χ1v) is 13.7. The molecule has 0 spiro atoms. The number of rotatable bonds is 9. The Bertz CT molecular complexity index is 1110. The van der Waals surface area contributed by atoms with E-state index >= 15 is 0 Å². The Morgan fingerprint density at radius 3 is 2.50 bits per heavy atom. The van der Waals surface area contributed by atoms with Gasteiger partial charge in [-0.2, -0.15) is 13.2 Å². The molecule has 1 aromatic heterocycles. The quantitative estimate of drug-likeness (QED) is 0.413. The summed E-state index contributed by atoms with van der Waals surface area (Å²) in [4.78, 5) is 12.6. The van der Waals surface area contributed by atoms with E-state index in [1.54, 1.807) is 13.0 Å². The molecule has 36 heavy (non-hydrogen) atoms. The number of nitrogens with two attached hydrogens (primary N) is 1. The third-order valence-electron chi connectivity index (χ3n) is 6.73. The number of alkyl halides is 3. The molecule has 2 atom stereocenters. The normalized spacial score (nSPS) is 16.7. The van der Waals surface area contributed by atoms with Gasteiger partial charge in [-0.3, -0.25) is 4.79 Å². The lowest BCUT2D eigenvalue weighted by molar-refractivity contribution is -0.139.